The molecule has 0 unspecified atom stereocenters. The molecule has 0 aliphatic carbocycles. The maximum atomic E-state index is 15.3. The second-order valence-corrected chi connectivity index (χ2v) is 12.3. The lowest BCUT2D eigenvalue weighted by molar-refractivity contribution is -0.115. The Bertz CT molecular complexity index is 1840. The summed E-state index contributed by atoms with van der Waals surface area (Å²) in [5, 5.41) is 7.22. The van der Waals surface area contributed by atoms with Crippen molar-refractivity contribution in [3.8, 4) is 11.5 Å². The van der Waals surface area contributed by atoms with E-state index in [1.807, 2.05) is 20.8 Å². The summed E-state index contributed by atoms with van der Waals surface area (Å²) in [6.07, 6.45) is 8.58. The molecule has 10 nitrogen and oxygen atoms in total. The van der Waals surface area contributed by atoms with Gasteiger partial charge in [-0.3, -0.25) is 19.4 Å². The lowest BCUT2D eigenvalue weighted by atomic mass is 10.1. The summed E-state index contributed by atoms with van der Waals surface area (Å²) >= 11 is 0. The van der Waals surface area contributed by atoms with Gasteiger partial charge in [-0.15, -0.1) is 0 Å². The molecule has 12 heteroatoms. The van der Waals surface area contributed by atoms with Crippen LogP contribution in [0.5, 0.6) is 11.5 Å². The third-order valence-electron chi connectivity index (χ3n) is 6.22. The van der Waals surface area contributed by atoms with Crippen LogP contribution in [0.2, 0.25) is 0 Å². The summed E-state index contributed by atoms with van der Waals surface area (Å²) in [5.41, 5.74) is 1.70. The van der Waals surface area contributed by atoms with E-state index in [2.05, 4.69) is 25.4 Å². The van der Waals surface area contributed by atoms with Crippen LogP contribution in [0.15, 0.2) is 83.5 Å². The zero-order chi connectivity index (χ0) is 29.4. The van der Waals surface area contributed by atoms with Crippen molar-refractivity contribution in [1.29, 1.82) is 0 Å². The van der Waals surface area contributed by atoms with Crippen LogP contribution in [0.4, 0.5) is 10.1 Å². The summed E-state index contributed by atoms with van der Waals surface area (Å²) in [6.45, 7) is 7.66. The van der Waals surface area contributed by atoms with E-state index in [1.165, 1.54) is 49.1 Å². The largest absolute Gasteiger partial charge is 0.453 e. The van der Waals surface area contributed by atoms with Crippen LogP contribution in [0.3, 0.4) is 0 Å². The van der Waals surface area contributed by atoms with Crippen LogP contribution in [-0.2, 0) is 26.6 Å². The number of hydrogen-bond donors (Lipinski definition) is 1. The predicted molar refractivity (Wildman–Crippen MR) is 150 cm³/mol. The van der Waals surface area contributed by atoms with Gasteiger partial charge in [0.1, 0.15) is 5.75 Å². The molecule has 210 valence electrons. The fourth-order valence-corrected chi connectivity index (χ4v) is 5.35. The van der Waals surface area contributed by atoms with Gasteiger partial charge in [0.15, 0.2) is 16.6 Å². The van der Waals surface area contributed by atoms with Crippen molar-refractivity contribution in [1.82, 2.24) is 24.7 Å². The minimum absolute atomic E-state index is 0.0325. The molecule has 5 aromatic rings. The minimum atomic E-state index is -3.96. The molecule has 3 heterocycles. The maximum absolute atomic E-state index is 15.3. The fraction of sp³-hybridized carbons (Fsp3) is 0.207. The average molecular weight is 575 g/mol. The molecule has 0 spiro atoms. The van der Waals surface area contributed by atoms with E-state index in [4.69, 9.17) is 4.74 Å². The summed E-state index contributed by atoms with van der Waals surface area (Å²) in [4.78, 5) is 24.6. The molecule has 1 N–H and O–H groups in total. The highest BCUT2D eigenvalue weighted by molar-refractivity contribution is 7.91. The molecule has 0 aliphatic heterocycles. The number of aryl methyl sites for hydroxylation is 1. The van der Waals surface area contributed by atoms with Crippen molar-refractivity contribution in [2.24, 2.45) is 0 Å². The number of nitrogens with one attached hydrogen (secondary N) is 1. The van der Waals surface area contributed by atoms with Gasteiger partial charge >= 0.3 is 0 Å². The van der Waals surface area contributed by atoms with Crippen LogP contribution in [0, 0.1) is 12.7 Å². The van der Waals surface area contributed by atoms with Crippen LogP contribution < -0.4 is 10.1 Å². The maximum Gasteiger partial charge on any atom is 0.228 e. The Kier molecular flexibility index (Phi) is 7.26. The predicted octanol–water partition coefficient (Wildman–Crippen LogP) is 5.23. The number of rotatable bonds is 7. The van der Waals surface area contributed by atoms with Gasteiger partial charge in [0.05, 0.1) is 40.5 Å². The number of hydrogen-bond acceptors (Lipinski definition) is 8. The highest BCUT2D eigenvalue weighted by Gasteiger charge is 2.22. The number of sulfone groups is 1. The van der Waals surface area contributed by atoms with Gasteiger partial charge < -0.3 is 10.1 Å². The monoisotopic (exact) mass is 574 g/mol. The van der Waals surface area contributed by atoms with Gasteiger partial charge in [0.2, 0.25) is 15.7 Å². The van der Waals surface area contributed by atoms with Crippen LogP contribution in [-0.4, -0.2) is 39.1 Å². The van der Waals surface area contributed by atoms with Gasteiger partial charge in [-0.2, -0.15) is 5.10 Å². The Hall–Kier alpha value is -4.71. The number of anilines is 1. The summed E-state index contributed by atoms with van der Waals surface area (Å²) in [6, 6.07) is 8.82. The van der Waals surface area contributed by atoms with Crippen molar-refractivity contribution in [2.45, 2.75) is 49.6 Å². The molecule has 0 saturated heterocycles. The first kappa shape index (κ1) is 27.8. The number of nitrogens with zero attached hydrogens (tertiary/aromatic N) is 5. The summed E-state index contributed by atoms with van der Waals surface area (Å²) in [7, 11) is -3.96. The first-order valence-corrected chi connectivity index (χ1v) is 14.1. The number of halogens is 1. The molecule has 0 fully saturated rings. The Morgan fingerprint density at radius 3 is 2.54 bits per heavy atom. The Labute approximate surface area is 236 Å². The number of fused-ring (bicyclic) bond motifs is 1. The number of ether oxygens (including phenoxy) is 1. The molecule has 0 saturated carbocycles. The summed E-state index contributed by atoms with van der Waals surface area (Å²) in [5.74, 6) is -0.811. The van der Waals surface area contributed by atoms with Crippen LogP contribution >= 0.6 is 0 Å². The van der Waals surface area contributed by atoms with Crippen molar-refractivity contribution >= 4 is 32.3 Å². The fourth-order valence-electron chi connectivity index (χ4n) is 4.19. The zero-order valence-electron chi connectivity index (χ0n) is 22.8. The molecule has 2 aromatic carbocycles. The number of benzene rings is 2. The van der Waals surface area contributed by atoms with Gasteiger partial charge in [0, 0.05) is 30.2 Å². The second kappa shape index (κ2) is 10.7. The highest BCUT2D eigenvalue weighted by Crippen LogP contribution is 2.35. The molecule has 5 rings (SSSR count). The number of carbonyl (C=O) groups is 1. The van der Waals surface area contributed by atoms with E-state index in [-0.39, 0.29) is 39.3 Å². The first-order valence-electron chi connectivity index (χ1n) is 12.6. The van der Waals surface area contributed by atoms with E-state index in [9.17, 15) is 13.2 Å². The van der Waals surface area contributed by atoms with E-state index in [0.29, 0.717) is 27.7 Å². The van der Waals surface area contributed by atoms with Gasteiger partial charge in [0.25, 0.3) is 0 Å². The van der Waals surface area contributed by atoms with Gasteiger partial charge in [-0.1, -0.05) is 6.07 Å². The quantitative estimate of drug-likeness (QED) is 0.280. The molecular formula is C29H27FN6O4S. The Morgan fingerprint density at radius 2 is 1.85 bits per heavy atom. The van der Waals surface area contributed by atoms with Crippen LogP contribution in [0.25, 0.3) is 10.9 Å². The number of pyridine rings is 1. The van der Waals surface area contributed by atoms with E-state index >= 15 is 4.39 Å². The minimum Gasteiger partial charge on any atom is -0.453 e. The topological polar surface area (TPSA) is 129 Å². The van der Waals surface area contributed by atoms with E-state index in [0.717, 1.165) is 0 Å². The standard InChI is InChI=1S/C29H27FN6O4S/c1-18-11-19(13-26(37)35-20-15-34-36(17-20)29(2,3)4)12-23(30)28(18)40-25-7-8-32-24-6-5-21(14-22(24)25)41(38,39)27-16-31-9-10-33-27/h5-12,14-17H,13H2,1-4H3,(H,35,37). The number of aromatic nitrogens is 5. The lowest BCUT2D eigenvalue weighted by Gasteiger charge is -2.18. The van der Waals surface area contributed by atoms with Crippen LogP contribution in [0.1, 0.15) is 31.9 Å². The average Bonchev–Trinajstić information content (AvgIpc) is 3.40. The highest BCUT2D eigenvalue weighted by atomic mass is 32.2. The van der Waals surface area contributed by atoms with Gasteiger partial charge in [-0.05, 0) is 69.2 Å². The van der Waals surface area contributed by atoms with E-state index in [1.54, 1.807) is 36.1 Å². The molecule has 1 amide bonds. The van der Waals surface area contributed by atoms with E-state index < -0.39 is 15.7 Å². The van der Waals surface area contributed by atoms with Crippen molar-refractivity contribution in [3.05, 3.63) is 90.5 Å². The summed E-state index contributed by atoms with van der Waals surface area (Å²) < 4.78 is 49.2. The van der Waals surface area contributed by atoms with Crippen molar-refractivity contribution in [2.75, 3.05) is 5.32 Å². The number of carbonyl (C=O) groups excluding carboxylic acids is 1. The Balaban J connectivity index is 1.38. The molecular weight excluding hydrogens is 547 g/mol. The Morgan fingerprint density at radius 1 is 1.05 bits per heavy atom. The third-order valence-corrected chi connectivity index (χ3v) is 7.85. The zero-order valence-corrected chi connectivity index (χ0v) is 23.6. The molecule has 0 atom stereocenters. The van der Waals surface area contributed by atoms with Gasteiger partial charge in [-0.25, -0.2) is 17.8 Å². The third kappa shape index (κ3) is 5.92. The molecule has 3 aromatic heterocycles. The molecule has 0 bridgehead atoms. The SMILES string of the molecule is Cc1cc(CC(=O)Nc2cnn(C(C)(C)C)c2)cc(F)c1Oc1ccnc2ccc(S(=O)(=O)c3cnccn3)cc12. The lowest BCUT2D eigenvalue weighted by Crippen LogP contribution is -2.22. The van der Waals surface area contributed by atoms with Crippen molar-refractivity contribution < 1.29 is 22.3 Å². The second-order valence-electron chi connectivity index (χ2n) is 10.4. The molecule has 0 aliphatic rings. The normalized spacial score (nSPS) is 11.9. The molecule has 0 radical (unpaired) electrons. The number of amides is 1. The smallest absolute Gasteiger partial charge is 0.228 e. The van der Waals surface area contributed by atoms with Crippen molar-refractivity contribution in [3.63, 3.8) is 0 Å². The molecule has 41 heavy (non-hydrogen) atoms. The first-order chi connectivity index (χ1) is 19.4.